The minimum absolute atomic E-state index is 0.304. The van der Waals surface area contributed by atoms with Gasteiger partial charge in [0.1, 0.15) is 17.4 Å². The number of hydrogen-bond acceptors (Lipinski definition) is 6. The zero-order valence-electron chi connectivity index (χ0n) is 21.5. The van der Waals surface area contributed by atoms with Crippen LogP contribution in [0.15, 0.2) is 73.6 Å². The Morgan fingerprint density at radius 1 is 1.14 bits per heavy atom. The summed E-state index contributed by atoms with van der Waals surface area (Å²) in [6.07, 6.45) is 4.87. The molecule has 9 heteroatoms. The summed E-state index contributed by atoms with van der Waals surface area (Å²) in [6.45, 7) is 5.15. The van der Waals surface area contributed by atoms with Gasteiger partial charge in [0.2, 0.25) is 5.91 Å². The highest BCUT2D eigenvalue weighted by Gasteiger charge is 2.16. The predicted octanol–water partition coefficient (Wildman–Crippen LogP) is 5.04. The van der Waals surface area contributed by atoms with Crippen LogP contribution in [0.5, 0.6) is 5.75 Å². The van der Waals surface area contributed by atoms with Crippen LogP contribution in [0, 0.1) is 5.82 Å². The van der Waals surface area contributed by atoms with Gasteiger partial charge in [-0.05, 0) is 50.5 Å². The first kappa shape index (κ1) is 25.7. The fourth-order valence-corrected chi connectivity index (χ4v) is 3.99. The number of pyridine rings is 1. The number of methoxy groups -OCH3 is 1. The molecule has 8 nitrogen and oxygen atoms in total. The lowest BCUT2D eigenvalue weighted by atomic mass is 10.2. The summed E-state index contributed by atoms with van der Waals surface area (Å²) in [6, 6.07) is 13.9. The highest BCUT2D eigenvalue weighted by molar-refractivity contribution is 6.02. The Morgan fingerprint density at radius 2 is 1.95 bits per heavy atom. The Morgan fingerprint density at radius 3 is 2.65 bits per heavy atom. The molecule has 2 aromatic carbocycles. The molecular formula is C28H31FN6O2. The minimum atomic E-state index is -0.314. The maximum atomic E-state index is 13.8. The molecule has 0 aliphatic carbocycles. The first-order valence-electron chi connectivity index (χ1n) is 11.8. The van der Waals surface area contributed by atoms with Gasteiger partial charge in [-0.1, -0.05) is 12.6 Å². The van der Waals surface area contributed by atoms with Gasteiger partial charge in [-0.15, -0.1) is 0 Å². The lowest BCUT2D eigenvalue weighted by Crippen LogP contribution is -2.29. The predicted molar refractivity (Wildman–Crippen MR) is 148 cm³/mol. The Bertz CT molecular complexity index is 1430. The Labute approximate surface area is 216 Å². The third kappa shape index (κ3) is 5.90. The molecule has 0 fully saturated rings. The number of anilines is 4. The summed E-state index contributed by atoms with van der Waals surface area (Å²) in [5.41, 5.74) is 3.62. The van der Waals surface area contributed by atoms with Crippen molar-refractivity contribution >= 4 is 39.7 Å². The van der Waals surface area contributed by atoms with Crippen molar-refractivity contribution in [1.82, 2.24) is 14.5 Å². The number of carbonyl (C=O) groups is 1. The van der Waals surface area contributed by atoms with Gasteiger partial charge in [-0.3, -0.25) is 4.79 Å². The largest absolute Gasteiger partial charge is 0.494 e. The molecule has 0 atom stereocenters. The van der Waals surface area contributed by atoms with E-state index in [1.165, 1.54) is 18.2 Å². The van der Waals surface area contributed by atoms with Gasteiger partial charge in [0.15, 0.2) is 0 Å². The van der Waals surface area contributed by atoms with Crippen LogP contribution in [-0.2, 0) is 4.79 Å². The average Bonchev–Trinajstić information content (AvgIpc) is 3.30. The van der Waals surface area contributed by atoms with Crippen molar-refractivity contribution in [3.63, 3.8) is 0 Å². The molecule has 0 aliphatic rings. The van der Waals surface area contributed by atoms with Crippen molar-refractivity contribution in [2.45, 2.75) is 0 Å². The number of amides is 1. The summed E-state index contributed by atoms with van der Waals surface area (Å²) in [7, 11) is 7.58. The zero-order valence-corrected chi connectivity index (χ0v) is 21.5. The minimum Gasteiger partial charge on any atom is -0.494 e. The number of fused-ring (bicyclic) bond motifs is 1. The lowest BCUT2D eigenvalue weighted by Gasteiger charge is -2.26. The van der Waals surface area contributed by atoms with E-state index in [0.29, 0.717) is 28.6 Å². The van der Waals surface area contributed by atoms with E-state index in [4.69, 9.17) is 4.74 Å². The van der Waals surface area contributed by atoms with E-state index in [2.05, 4.69) is 32.0 Å². The van der Waals surface area contributed by atoms with Gasteiger partial charge in [0, 0.05) is 55.7 Å². The Hall–Kier alpha value is -4.37. The van der Waals surface area contributed by atoms with E-state index in [9.17, 15) is 9.18 Å². The molecule has 4 rings (SSSR count). The number of rotatable bonds is 10. The van der Waals surface area contributed by atoms with Gasteiger partial charge in [-0.2, -0.15) is 0 Å². The third-order valence-electron chi connectivity index (χ3n) is 5.98. The van der Waals surface area contributed by atoms with E-state index in [1.807, 2.05) is 62.2 Å². The van der Waals surface area contributed by atoms with E-state index < -0.39 is 0 Å². The number of hydrogen-bond donors (Lipinski definition) is 2. The number of carbonyl (C=O) groups excluding carboxylic acids is 1. The highest BCUT2D eigenvalue weighted by Crippen LogP contribution is 2.38. The third-order valence-corrected chi connectivity index (χ3v) is 5.98. The van der Waals surface area contributed by atoms with Gasteiger partial charge >= 0.3 is 0 Å². The molecule has 37 heavy (non-hydrogen) atoms. The molecule has 1 amide bonds. The second kappa shape index (κ2) is 11.1. The average molecular weight is 503 g/mol. The maximum Gasteiger partial charge on any atom is 0.247 e. The number of benzene rings is 2. The first-order valence-corrected chi connectivity index (χ1v) is 11.8. The van der Waals surface area contributed by atoms with Crippen LogP contribution in [0.2, 0.25) is 0 Å². The second-order valence-corrected chi connectivity index (χ2v) is 8.91. The number of halogens is 1. The van der Waals surface area contributed by atoms with E-state index in [1.54, 1.807) is 19.4 Å². The van der Waals surface area contributed by atoms with Crippen LogP contribution in [0.1, 0.15) is 0 Å². The summed E-state index contributed by atoms with van der Waals surface area (Å²) in [5.74, 6) is 0.537. The highest BCUT2D eigenvalue weighted by atomic mass is 19.1. The number of aromatic nitrogens is 2. The number of likely N-dealkylation sites (N-methyl/N-ethyl adjacent to an activating group) is 2. The van der Waals surface area contributed by atoms with E-state index in [0.717, 1.165) is 29.7 Å². The van der Waals surface area contributed by atoms with Crippen molar-refractivity contribution < 1.29 is 13.9 Å². The van der Waals surface area contributed by atoms with Crippen LogP contribution >= 0.6 is 0 Å². The smallest absolute Gasteiger partial charge is 0.247 e. The standard InChI is InChI=1S/C28H31FN6O2/c1-6-28(36)32-22-15-23(26(37-5)16-25(22)34(4)13-12-33(2)3)31-27-17-24-19(18-30-27)10-11-35(24)21-9-7-8-20(29)14-21/h6-11,14-18H,1,12-13H2,2-5H3,(H,30,31)(H,32,36). The summed E-state index contributed by atoms with van der Waals surface area (Å²) in [4.78, 5) is 20.9. The second-order valence-electron chi connectivity index (χ2n) is 8.91. The number of nitrogens with one attached hydrogen (secondary N) is 2. The lowest BCUT2D eigenvalue weighted by molar-refractivity contribution is -0.111. The number of ether oxygens (including phenoxy) is 1. The molecule has 2 N–H and O–H groups in total. The topological polar surface area (TPSA) is 74.7 Å². The van der Waals surface area contributed by atoms with Crippen molar-refractivity contribution in [2.24, 2.45) is 0 Å². The van der Waals surface area contributed by atoms with Gasteiger partial charge < -0.3 is 29.7 Å². The van der Waals surface area contributed by atoms with E-state index in [-0.39, 0.29) is 11.7 Å². The van der Waals surface area contributed by atoms with Crippen LogP contribution in [-0.4, -0.2) is 61.7 Å². The molecule has 192 valence electrons. The van der Waals surface area contributed by atoms with Crippen molar-refractivity contribution in [3.8, 4) is 11.4 Å². The SMILES string of the molecule is C=CC(=O)Nc1cc(Nc2cc3c(ccn3-c3cccc(F)c3)cn2)c(OC)cc1N(C)CCN(C)C. The van der Waals surface area contributed by atoms with Crippen LogP contribution in [0.25, 0.3) is 16.6 Å². The van der Waals surface area contributed by atoms with Gasteiger partial charge in [0.25, 0.3) is 0 Å². The fourth-order valence-electron chi connectivity index (χ4n) is 3.99. The summed E-state index contributed by atoms with van der Waals surface area (Å²) < 4.78 is 21.4. The van der Waals surface area contributed by atoms with Crippen LogP contribution in [0.3, 0.4) is 0 Å². The van der Waals surface area contributed by atoms with Crippen LogP contribution in [0.4, 0.5) is 27.3 Å². The monoisotopic (exact) mass is 502 g/mol. The normalized spacial score (nSPS) is 11.0. The molecule has 4 aromatic rings. The Kier molecular flexibility index (Phi) is 7.74. The quantitative estimate of drug-likeness (QED) is 0.296. The molecule has 0 spiro atoms. The van der Waals surface area contributed by atoms with Crippen molar-refractivity contribution in [2.75, 3.05) is 56.9 Å². The molecule has 0 radical (unpaired) electrons. The molecular weight excluding hydrogens is 471 g/mol. The fraction of sp³-hybridized carbons (Fsp3) is 0.214. The molecule has 0 bridgehead atoms. The maximum absolute atomic E-state index is 13.8. The molecule has 0 unspecified atom stereocenters. The zero-order chi connectivity index (χ0) is 26.5. The summed E-state index contributed by atoms with van der Waals surface area (Å²) >= 11 is 0. The van der Waals surface area contributed by atoms with Crippen molar-refractivity contribution in [1.29, 1.82) is 0 Å². The molecule has 2 aromatic heterocycles. The van der Waals surface area contributed by atoms with Crippen molar-refractivity contribution in [3.05, 3.63) is 79.4 Å². The van der Waals surface area contributed by atoms with Gasteiger partial charge in [0.05, 0.1) is 29.7 Å². The molecule has 0 saturated carbocycles. The van der Waals surface area contributed by atoms with Gasteiger partial charge in [-0.25, -0.2) is 9.37 Å². The molecule has 0 saturated heterocycles. The molecule has 0 aliphatic heterocycles. The first-order chi connectivity index (χ1) is 17.8. The van der Waals surface area contributed by atoms with E-state index >= 15 is 0 Å². The Balaban J connectivity index is 1.72. The number of nitrogens with zero attached hydrogens (tertiary/aromatic N) is 4. The van der Waals surface area contributed by atoms with Crippen LogP contribution < -0.4 is 20.3 Å². The molecule has 2 heterocycles. The summed E-state index contributed by atoms with van der Waals surface area (Å²) in [5, 5.41) is 7.13.